The smallest absolute Gasteiger partial charge is 0.224 e. The highest BCUT2D eigenvalue weighted by molar-refractivity contribution is 9.09. The van der Waals surface area contributed by atoms with E-state index in [4.69, 9.17) is 9.47 Å². The lowest BCUT2D eigenvalue weighted by Crippen LogP contribution is -2.35. The Morgan fingerprint density at radius 1 is 1.30 bits per heavy atom. The van der Waals surface area contributed by atoms with Crippen LogP contribution in [-0.2, 0) is 11.2 Å². The number of methoxy groups -OCH3 is 2. The van der Waals surface area contributed by atoms with Crippen LogP contribution in [0.25, 0.3) is 0 Å². The molecule has 0 aliphatic heterocycles. The second-order valence-electron chi connectivity index (χ2n) is 4.52. The van der Waals surface area contributed by atoms with Crippen LogP contribution in [0.4, 0.5) is 0 Å². The minimum atomic E-state index is 0.0324. The monoisotopic (exact) mass is 343 g/mol. The first-order valence-electron chi connectivity index (χ1n) is 6.70. The van der Waals surface area contributed by atoms with E-state index in [1.54, 1.807) is 14.2 Å². The van der Waals surface area contributed by atoms with Crippen molar-refractivity contribution in [3.8, 4) is 11.5 Å². The molecule has 0 spiro atoms. The number of ether oxygens (including phenoxy) is 2. The number of hydrogen-bond acceptors (Lipinski definition) is 3. The third-order valence-electron chi connectivity index (χ3n) is 3.13. The van der Waals surface area contributed by atoms with Crippen molar-refractivity contribution < 1.29 is 14.3 Å². The number of carbonyl (C=O) groups is 1. The van der Waals surface area contributed by atoms with Gasteiger partial charge in [0.2, 0.25) is 5.91 Å². The van der Waals surface area contributed by atoms with Gasteiger partial charge in [0, 0.05) is 11.4 Å². The van der Waals surface area contributed by atoms with Crippen LogP contribution in [0.5, 0.6) is 11.5 Å². The van der Waals surface area contributed by atoms with Gasteiger partial charge in [-0.05, 0) is 30.5 Å². The predicted octanol–water partition coefficient (Wildman–Crippen LogP) is 2.93. The highest BCUT2D eigenvalue weighted by atomic mass is 79.9. The van der Waals surface area contributed by atoms with Crippen molar-refractivity contribution in [1.29, 1.82) is 0 Å². The van der Waals surface area contributed by atoms with E-state index < -0.39 is 0 Å². The van der Waals surface area contributed by atoms with Gasteiger partial charge >= 0.3 is 0 Å². The van der Waals surface area contributed by atoms with Crippen LogP contribution in [0.3, 0.4) is 0 Å². The Bertz CT molecular complexity index is 437. The molecule has 0 aliphatic rings. The zero-order chi connectivity index (χ0) is 15.0. The zero-order valence-corrected chi connectivity index (χ0v) is 13.8. The molecule has 0 radical (unpaired) electrons. The number of benzene rings is 1. The third-order valence-corrected chi connectivity index (χ3v) is 3.59. The molecule has 0 saturated carbocycles. The molecule has 0 saturated heterocycles. The van der Waals surface area contributed by atoms with Crippen molar-refractivity contribution in [2.45, 2.75) is 32.2 Å². The lowest BCUT2D eigenvalue weighted by molar-refractivity contribution is -0.121. The molecule has 4 nitrogen and oxygen atoms in total. The highest BCUT2D eigenvalue weighted by Crippen LogP contribution is 2.27. The maximum atomic E-state index is 12.0. The molecule has 0 bridgehead atoms. The van der Waals surface area contributed by atoms with Gasteiger partial charge in [0.05, 0.1) is 20.6 Å². The molecule has 1 unspecified atom stereocenters. The third kappa shape index (κ3) is 5.04. The maximum absolute atomic E-state index is 12.0. The quantitative estimate of drug-likeness (QED) is 0.738. The van der Waals surface area contributed by atoms with Gasteiger partial charge in [-0.1, -0.05) is 28.9 Å². The predicted molar refractivity (Wildman–Crippen MR) is 83.9 cm³/mol. The molecule has 1 rings (SSSR count). The molecule has 1 atom stereocenters. The maximum Gasteiger partial charge on any atom is 0.224 e. The molecule has 0 fully saturated rings. The number of carbonyl (C=O) groups excluding carboxylic acids is 1. The fourth-order valence-corrected chi connectivity index (χ4v) is 2.52. The minimum absolute atomic E-state index is 0.0324. The van der Waals surface area contributed by atoms with E-state index in [0.717, 1.165) is 23.7 Å². The van der Waals surface area contributed by atoms with E-state index in [-0.39, 0.29) is 11.9 Å². The number of halogens is 1. The Morgan fingerprint density at radius 3 is 2.55 bits per heavy atom. The van der Waals surface area contributed by atoms with Crippen LogP contribution >= 0.6 is 15.9 Å². The molecular formula is C15H22BrNO3. The van der Waals surface area contributed by atoms with Crippen LogP contribution in [-0.4, -0.2) is 31.5 Å². The molecule has 1 amide bonds. The summed E-state index contributed by atoms with van der Waals surface area (Å²) in [5.41, 5.74) is 0.911. The Kier molecular flexibility index (Phi) is 7.44. The summed E-state index contributed by atoms with van der Waals surface area (Å²) in [4.78, 5) is 12.0. The van der Waals surface area contributed by atoms with Gasteiger partial charge in [0.1, 0.15) is 0 Å². The normalized spacial score (nSPS) is 11.8. The fraction of sp³-hybridized carbons (Fsp3) is 0.533. The molecule has 1 aromatic rings. The van der Waals surface area contributed by atoms with Crippen molar-refractivity contribution in [2.75, 3.05) is 19.5 Å². The number of hydrogen-bond donors (Lipinski definition) is 1. The second-order valence-corrected chi connectivity index (χ2v) is 5.31. The molecular weight excluding hydrogens is 322 g/mol. The summed E-state index contributed by atoms with van der Waals surface area (Å²) < 4.78 is 10.4. The molecule has 20 heavy (non-hydrogen) atoms. The number of alkyl halides is 1. The zero-order valence-electron chi connectivity index (χ0n) is 12.2. The SMILES string of the molecule is CCC(CCBr)NC(=O)Cc1ccc(OC)c(OC)c1. The van der Waals surface area contributed by atoms with E-state index in [9.17, 15) is 4.79 Å². The molecule has 5 heteroatoms. The number of nitrogens with one attached hydrogen (secondary N) is 1. The Hall–Kier alpha value is -1.23. The van der Waals surface area contributed by atoms with Gasteiger partial charge in [-0.25, -0.2) is 0 Å². The summed E-state index contributed by atoms with van der Waals surface area (Å²) in [6, 6.07) is 5.76. The second kappa shape index (κ2) is 8.84. The van der Waals surface area contributed by atoms with E-state index in [1.165, 1.54) is 0 Å². The van der Waals surface area contributed by atoms with E-state index >= 15 is 0 Å². The van der Waals surface area contributed by atoms with Crippen LogP contribution in [0.1, 0.15) is 25.3 Å². The van der Waals surface area contributed by atoms with Gasteiger partial charge in [-0.15, -0.1) is 0 Å². The minimum Gasteiger partial charge on any atom is -0.493 e. The summed E-state index contributed by atoms with van der Waals surface area (Å²) in [5.74, 6) is 1.35. The van der Waals surface area contributed by atoms with Gasteiger partial charge in [0.15, 0.2) is 11.5 Å². The number of amides is 1. The van der Waals surface area contributed by atoms with Crippen molar-refractivity contribution in [3.05, 3.63) is 23.8 Å². The molecule has 1 aromatic carbocycles. The first-order valence-corrected chi connectivity index (χ1v) is 7.83. The van der Waals surface area contributed by atoms with Crippen LogP contribution in [0, 0.1) is 0 Å². The molecule has 0 aromatic heterocycles. The largest absolute Gasteiger partial charge is 0.493 e. The van der Waals surface area contributed by atoms with Crippen molar-refractivity contribution in [2.24, 2.45) is 0 Å². The highest BCUT2D eigenvalue weighted by Gasteiger charge is 2.12. The van der Waals surface area contributed by atoms with Crippen molar-refractivity contribution in [1.82, 2.24) is 5.32 Å². The standard InChI is InChI=1S/C15H22BrNO3/c1-4-12(7-8-16)17-15(18)10-11-5-6-13(19-2)14(9-11)20-3/h5-6,9,12H,4,7-8,10H2,1-3H3,(H,17,18). The molecule has 0 aliphatic carbocycles. The van der Waals surface area contributed by atoms with Crippen LogP contribution in [0.2, 0.25) is 0 Å². The lowest BCUT2D eigenvalue weighted by atomic mass is 10.1. The Morgan fingerprint density at radius 2 is 2.00 bits per heavy atom. The molecule has 0 heterocycles. The van der Waals surface area contributed by atoms with Crippen molar-refractivity contribution >= 4 is 21.8 Å². The van der Waals surface area contributed by atoms with E-state index in [1.807, 2.05) is 18.2 Å². The molecule has 1 N–H and O–H groups in total. The Labute approximate surface area is 129 Å². The molecule has 112 valence electrons. The lowest BCUT2D eigenvalue weighted by Gasteiger charge is -2.16. The van der Waals surface area contributed by atoms with E-state index in [2.05, 4.69) is 28.2 Å². The summed E-state index contributed by atoms with van der Waals surface area (Å²) in [6.45, 7) is 2.07. The Balaban J connectivity index is 2.66. The van der Waals surface area contributed by atoms with Gasteiger partial charge < -0.3 is 14.8 Å². The van der Waals surface area contributed by atoms with Gasteiger partial charge in [-0.2, -0.15) is 0 Å². The average Bonchev–Trinajstić information content (AvgIpc) is 2.46. The van der Waals surface area contributed by atoms with Crippen LogP contribution < -0.4 is 14.8 Å². The van der Waals surface area contributed by atoms with Gasteiger partial charge in [-0.3, -0.25) is 4.79 Å². The van der Waals surface area contributed by atoms with Crippen LogP contribution in [0.15, 0.2) is 18.2 Å². The van der Waals surface area contributed by atoms with Crippen molar-refractivity contribution in [3.63, 3.8) is 0 Å². The van der Waals surface area contributed by atoms with E-state index in [0.29, 0.717) is 17.9 Å². The topological polar surface area (TPSA) is 47.6 Å². The average molecular weight is 344 g/mol. The number of rotatable bonds is 8. The first-order chi connectivity index (χ1) is 9.64. The summed E-state index contributed by atoms with van der Waals surface area (Å²) in [7, 11) is 3.18. The summed E-state index contributed by atoms with van der Waals surface area (Å²) in [6.07, 6.45) is 2.22. The summed E-state index contributed by atoms with van der Waals surface area (Å²) in [5, 5.41) is 3.93. The first kappa shape index (κ1) is 16.8. The van der Waals surface area contributed by atoms with Gasteiger partial charge in [0.25, 0.3) is 0 Å². The summed E-state index contributed by atoms with van der Waals surface area (Å²) >= 11 is 3.40. The fourth-order valence-electron chi connectivity index (χ4n) is 1.96.